The number of hydrogen-bond acceptors (Lipinski definition) is 2. The fourth-order valence-corrected chi connectivity index (χ4v) is 2.30. The second-order valence-corrected chi connectivity index (χ2v) is 6.81. The zero-order valence-electron chi connectivity index (χ0n) is 14.6. The Balaban J connectivity index is 2.21. The van der Waals surface area contributed by atoms with Crippen molar-refractivity contribution < 1.29 is 4.79 Å². The van der Waals surface area contributed by atoms with Gasteiger partial charge in [-0.1, -0.05) is 63.2 Å². The number of hydrogen-bond donors (Lipinski definition) is 1. The van der Waals surface area contributed by atoms with E-state index in [1.54, 1.807) is 6.08 Å². The maximum Gasteiger partial charge on any atom is 0.266 e. The molecule has 1 N–H and O–H groups in total. The fraction of sp³-hybridized carbons (Fsp3) is 0.238. The third kappa shape index (κ3) is 4.33. The summed E-state index contributed by atoms with van der Waals surface area (Å²) < 4.78 is 0. The van der Waals surface area contributed by atoms with Crippen LogP contribution in [0.1, 0.15) is 37.5 Å². The summed E-state index contributed by atoms with van der Waals surface area (Å²) in [5.74, 6) is -0.397. The molecule has 0 heterocycles. The van der Waals surface area contributed by atoms with Crippen LogP contribution in [-0.4, -0.2) is 5.91 Å². The molecular formula is C21H22N2O. The van der Waals surface area contributed by atoms with E-state index in [0.717, 1.165) is 11.1 Å². The van der Waals surface area contributed by atoms with E-state index in [2.05, 4.69) is 26.1 Å². The lowest BCUT2D eigenvalue weighted by molar-refractivity contribution is -0.112. The van der Waals surface area contributed by atoms with Crippen LogP contribution in [0.3, 0.4) is 0 Å². The van der Waals surface area contributed by atoms with Crippen molar-refractivity contribution in [3.63, 3.8) is 0 Å². The predicted octanol–water partition coefficient (Wildman–Crippen LogP) is 4.84. The van der Waals surface area contributed by atoms with Crippen molar-refractivity contribution >= 4 is 17.7 Å². The maximum absolute atomic E-state index is 12.3. The fourth-order valence-electron chi connectivity index (χ4n) is 2.30. The lowest BCUT2D eigenvalue weighted by Crippen LogP contribution is -2.14. The Morgan fingerprint density at radius 2 is 1.71 bits per heavy atom. The van der Waals surface area contributed by atoms with Crippen molar-refractivity contribution in [3.05, 3.63) is 70.8 Å². The SMILES string of the molecule is Cc1ccccc1NC(=O)/C(C#N)=C/c1ccc(C(C)(C)C)cc1. The summed E-state index contributed by atoms with van der Waals surface area (Å²) in [6, 6.07) is 17.4. The van der Waals surface area contributed by atoms with Crippen LogP contribution in [0.2, 0.25) is 0 Å². The Kier molecular flexibility index (Phi) is 5.21. The van der Waals surface area contributed by atoms with Gasteiger partial charge in [-0.3, -0.25) is 4.79 Å². The number of aryl methyl sites for hydroxylation is 1. The third-order valence-electron chi connectivity index (χ3n) is 3.85. The van der Waals surface area contributed by atoms with E-state index in [4.69, 9.17) is 0 Å². The first kappa shape index (κ1) is 17.5. The second kappa shape index (κ2) is 7.14. The van der Waals surface area contributed by atoms with Gasteiger partial charge in [-0.2, -0.15) is 5.26 Å². The number of nitriles is 1. The highest BCUT2D eigenvalue weighted by Gasteiger charge is 2.14. The quantitative estimate of drug-likeness (QED) is 0.650. The largest absolute Gasteiger partial charge is 0.321 e. The monoisotopic (exact) mass is 318 g/mol. The molecule has 0 saturated carbocycles. The molecule has 122 valence electrons. The number of anilines is 1. The number of rotatable bonds is 3. The van der Waals surface area contributed by atoms with E-state index >= 15 is 0 Å². The molecule has 3 nitrogen and oxygen atoms in total. The second-order valence-electron chi connectivity index (χ2n) is 6.81. The Bertz CT molecular complexity index is 803. The van der Waals surface area contributed by atoms with E-state index in [1.165, 1.54) is 5.56 Å². The molecule has 3 heteroatoms. The summed E-state index contributed by atoms with van der Waals surface area (Å²) in [5.41, 5.74) is 3.87. The first-order valence-electron chi connectivity index (χ1n) is 7.90. The summed E-state index contributed by atoms with van der Waals surface area (Å²) in [6.45, 7) is 8.35. The van der Waals surface area contributed by atoms with Crippen LogP contribution < -0.4 is 5.32 Å². The third-order valence-corrected chi connectivity index (χ3v) is 3.85. The van der Waals surface area contributed by atoms with Crippen molar-refractivity contribution in [2.45, 2.75) is 33.1 Å². The van der Waals surface area contributed by atoms with Crippen LogP contribution in [-0.2, 0) is 10.2 Å². The van der Waals surface area contributed by atoms with Gasteiger partial charge in [-0.25, -0.2) is 0 Å². The maximum atomic E-state index is 12.3. The van der Waals surface area contributed by atoms with Gasteiger partial charge < -0.3 is 5.32 Å². The number of benzene rings is 2. The minimum atomic E-state index is -0.397. The lowest BCUT2D eigenvalue weighted by Gasteiger charge is -2.18. The first-order valence-corrected chi connectivity index (χ1v) is 7.90. The Morgan fingerprint density at radius 1 is 1.08 bits per heavy atom. The number of carbonyl (C=O) groups is 1. The average Bonchev–Trinajstić information content (AvgIpc) is 2.54. The molecule has 2 aromatic carbocycles. The van der Waals surface area contributed by atoms with Crippen LogP contribution in [0.25, 0.3) is 6.08 Å². The number of carbonyl (C=O) groups excluding carboxylic acids is 1. The van der Waals surface area contributed by atoms with Gasteiger partial charge in [0, 0.05) is 5.69 Å². The highest BCUT2D eigenvalue weighted by Crippen LogP contribution is 2.23. The highest BCUT2D eigenvalue weighted by molar-refractivity contribution is 6.09. The van der Waals surface area contributed by atoms with Crippen molar-refractivity contribution in [2.24, 2.45) is 0 Å². The zero-order chi connectivity index (χ0) is 17.7. The molecule has 0 bridgehead atoms. The summed E-state index contributed by atoms with van der Waals surface area (Å²) in [7, 11) is 0. The topological polar surface area (TPSA) is 52.9 Å². The molecule has 24 heavy (non-hydrogen) atoms. The molecule has 0 aliphatic rings. The standard InChI is InChI=1S/C21H22N2O/c1-15-7-5-6-8-19(15)23-20(24)17(14-22)13-16-9-11-18(12-10-16)21(2,3)4/h5-13H,1-4H3,(H,23,24)/b17-13+. The normalized spacial score (nSPS) is 11.7. The summed E-state index contributed by atoms with van der Waals surface area (Å²) in [6.07, 6.45) is 1.61. The van der Waals surface area contributed by atoms with Crippen molar-refractivity contribution in [1.82, 2.24) is 0 Å². The van der Waals surface area contributed by atoms with Crippen molar-refractivity contribution in [3.8, 4) is 6.07 Å². The number of nitrogens with one attached hydrogen (secondary N) is 1. The van der Waals surface area contributed by atoms with Gasteiger partial charge >= 0.3 is 0 Å². The summed E-state index contributed by atoms with van der Waals surface area (Å²) in [5, 5.41) is 12.1. The van der Waals surface area contributed by atoms with E-state index in [9.17, 15) is 10.1 Å². The molecule has 0 aromatic heterocycles. The van der Waals surface area contributed by atoms with Crippen LogP contribution in [0.5, 0.6) is 0 Å². The summed E-state index contributed by atoms with van der Waals surface area (Å²) in [4.78, 5) is 12.3. The van der Waals surface area contributed by atoms with Crippen molar-refractivity contribution in [2.75, 3.05) is 5.32 Å². The molecule has 0 atom stereocenters. The lowest BCUT2D eigenvalue weighted by atomic mass is 9.86. The first-order chi connectivity index (χ1) is 11.3. The van der Waals surface area contributed by atoms with Crippen LogP contribution >= 0.6 is 0 Å². The Morgan fingerprint density at radius 3 is 2.25 bits per heavy atom. The minimum absolute atomic E-state index is 0.0719. The molecule has 0 fully saturated rings. The van der Waals surface area contributed by atoms with Gasteiger partial charge in [-0.15, -0.1) is 0 Å². The van der Waals surface area contributed by atoms with E-state index in [1.807, 2.05) is 61.5 Å². The number of para-hydroxylation sites is 1. The number of nitrogens with zero attached hydrogens (tertiary/aromatic N) is 1. The van der Waals surface area contributed by atoms with E-state index < -0.39 is 5.91 Å². The smallest absolute Gasteiger partial charge is 0.266 e. The van der Waals surface area contributed by atoms with E-state index in [0.29, 0.717) is 5.69 Å². The molecule has 2 rings (SSSR count). The van der Waals surface area contributed by atoms with Crippen LogP contribution in [0, 0.1) is 18.3 Å². The van der Waals surface area contributed by atoms with Gasteiger partial charge in [-0.05, 0) is 41.2 Å². The van der Waals surface area contributed by atoms with E-state index in [-0.39, 0.29) is 11.0 Å². The van der Waals surface area contributed by atoms with Crippen LogP contribution in [0.4, 0.5) is 5.69 Å². The molecule has 2 aromatic rings. The minimum Gasteiger partial charge on any atom is -0.321 e. The predicted molar refractivity (Wildman–Crippen MR) is 98.5 cm³/mol. The Labute approximate surface area is 143 Å². The average molecular weight is 318 g/mol. The highest BCUT2D eigenvalue weighted by atomic mass is 16.1. The molecule has 0 saturated heterocycles. The summed E-state index contributed by atoms with van der Waals surface area (Å²) >= 11 is 0. The zero-order valence-corrected chi connectivity index (χ0v) is 14.6. The Hall–Kier alpha value is -2.86. The van der Waals surface area contributed by atoms with Gasteiger partial charge in [0.15, 0.2) is 0 Å². The molecule has 0 aliphatic heterocycles. The van der Waals surface area contributed by atoms with Gasteiger partial charge in [0.25, 0.3) is 5.91 Å². The molecular weight excluding hydrogens is 296 g/mol. The molecule has 0 spiro atoms. The molecule has 0 radical (unpaired) electrons. The molecule has 0 unspecified atom stereocenters. The van der Waals surface area contributed by atoms with Gasteiger partial charge in [0.1, 0.15) is 11.6 Å². The van der Waals surface area contributed by atoms with Crippen LogP contribution in [0.15, 0.2) is 54.1 Å². The number of amides is 1. The van der Waals surface area contributed by atoms with Gasteiger partial charge in [0.05, 0.1) is 0 Å². The molecule has 1 amide bonds. The van der Waals surface area contributed by atoms with Gasteiger partial charge in [0.2, 0.25) is 0 Å². The molecule has 0 aliphatic carbocycles. The van der Waals surface area contributed by atoms with Crippen molar-refractivity contribution in [1.29, 1.82) is 5.26 Å².